The first-order chi connectivity index (χ1) is 14.5. The summed E-state index contributed by atoms with van der Waals surface area (Å²) >= 11 is 0. The topological polar surface area (TPSA) is 51.2 Å². The highest BCUT2D eigenvalue weighted by atomic mass is 19.4. The Morgan fingerprint density at radius 3 is 2.42 bits per heavy atom. The van der Waals surface area contributed by atoms with Crippen molar-refractivity contribution in [3.8, 4) is 5.75 Å². The Labute approximate surface area is 176 Å². The van der Waals surface area contributed by atoms with E-state index in [2.05, 4.69) is 10.3 Å². The molecule has 4 nitrogen and oxygen atoms in total. The van der Waals surface area contributed by atoms with E-state index in [-0.39, 0.29) is 31.6 Å². The first kappa shape index (κ1) is 23.0. The van der Waals surface area contributed by atoms with Gasteiger partial charge in [0, 0.05) is 30.2 Å². The van der Waals surface area contributed by atoms with Gasteiger partial charge < -0.3 is 10.1 Å². The molecule has 9 heteroatoms. The van der Waals surface area contributed by atoms with Gasteiger partial charge >= 0.3 is 6.18 Å². The molecule has 168 valence electrons. The molecule has 1 aliphatic rings. The minimum Gasteiger partial charge on any atom is -0.496 e. The second kappa shape index (κ2) is 8.80. The quantitative estimate of drug-likeness (QED) is 0.603. The summed E-state index contributed by atoms with van der Waals surface area (Å²) in [6.07, 6.45) is -3.94. The summed E-state index contributed by atoms with van der Waals surface area (Å²) in [7, 11) is 1.48. The molecule has 1 unspecified atom stereocenters. The molecule has 1 saturated carbocycles. The van der Waals surface area contributed by atoms with Crippen LogP contribution in [-0.4, -0.2) is 23.9 Å². The molecule has 1 aromatic carbocycles. The highest BCUT2D eigenvalue weighted by molar-refractivity contribution is 5.96. The summed E-state index contributed by atoms with van der Waals surface area (Å²) in [5.74, 6) is -3.07. The molecule has 0 radical (unpaired) electrons. The first-order valence-electron chi connectivity index (χ1n) is 9.87. The average Bonchev–Trinajstić information content (AvgIpc) is 2.72. The molecule has 0 spiro atoms. The third kappa shape index (κ3) is 5.32. The van der Waals surface area contributed by atoms with Crippen LogP contribution in [0.15, 0.2) is 36.5 Å². The Morgan fingerprint density at radius 2 is 1.87 bits per heavy atom. The molecule has 0 bridgehead atoms. The van der Waals surface area contributed by atoms with Crippen LogP contribution in [0.5, 0.6) is 5.75 Å². The second-order valence-electron chi connectivity index (χ2n) is 7.75. The zero-order valence-corrected chi connectivity index (χ0v) is 17.1. The van der Waals surface area contributed by atoms with Crippen molar-refractivity contribution in [3.05, 3.63) is 58.9 Å². The zero-order valence-electron chi connectivity index (χ0n) is 17.1. The number of carbonyl (C=O) groups is 1. The van der Waals surface area contributed by atoms with Crippen LogP contribution in [-0.2, 0) is 6.18 Å². The third-order valence-corrected chi connectivity index (χ3v) is 5.70. The molecule has 1 atom stereocenters. The van der Waals surface area contributed by atoms with Gasteiger partial charge in [0.25, 0.3) is 5.91 Å². The summed E-state index contributed by atoms with van der Waals surface area (Å²) in [5, 5.41) is 2.84. The Balaban J connectivity index is 1.90. The summed E-state index contributed by atoms with van der Waals surface area (Å²) < 4.78 is 71.2. The van der Waals surface area contributed by atoms with Crippen molar-refractivity contribution in [1.29, 1.82) is 0 Å². The van der Waals surface area contributed by atoms with Crippen molar-refractivity contribution >= 4 is 5.91 Å². The lowest BCUT2D eigenvalue weighted by molar-refractivity contribution is -0.141. The monoisotopic (exact) mass is 442 g/mol. The molecule has 1 heterocycles. The van der Waals surface area contributed by atoms with Gasteiger partial charge in [0.05, 0.1) is 13.2 Å². The van der Waals surface area contributed by atoms with Crippen molar-refractivity contribution in [2.75, 3.05) is 7.11 Å². The number of ether oxygens (including phenoxy) is 1. The van der Waals surface area contributed by atoms with E-state index in [4.69, 9.17) is 4.74 Å². The van der Waals surface area contributed by atoms with Crippen LogP contribution in [0, 0.1) is 12.8 Å². The lowest BCUT2D eigenvalue weighted by Crippen LogP contribution is -2.37. The number of halogens is 5. The Morgan fingerprint density at radius 1 is 1.19 bits per heavy atom. The van der Waals surface area contributed by atoms with Crippen molar-refractivity contribution in [2.45, 2.75) is 50.7 Å². The zero-order chi connectivity index (χ0) is 22.8. The van der Waals surface area contributed by atoms with Gasteiger partial charge in [-0.2, -0.15) is 13.2 Å². The van der Waals surface area contributed by atoms with E-state index in [9.17, 15) is 26.7 Å². The van der Waals surface area contributed by atoms with E-state index in [0.717, 1.165) is 12.3 Å². The molecule has 1 fully saturated rings. The normalized spacial score (nSPS) is 17.8. The van der Waals surface area contributed by atoms with Crippen LogP contribution in [0.3, 0.4) is 0 Å². The molecule has 1 N–H and O–H groups in total. The molecule has 0 aliphatic heterocycles. The number of carbonyl (C=O) groups excluding carboxylic acids is 1. The van der Waals surface area contributed by atoms with Gasteiger partial charge in [-0.15, -0.1) is 0 Å². The second-order valence-corrected chi connectivity index (χ2v) is 7.75. The number of amides is 1. The smallest absolute Gasteiger partial charge is 0.433 e. The van der Waals surface area contributed by atoms with Crippen LogP contribution >= 0.6 is 0 Å². The van der Waals surface area contributed by atoms with E-state index in [1.54, 1.807) is 25.1 Å². The molecule has 1 aliphatic carbocycles. The van der Waals surface area contributed by atoms with E-state index in [0.29, 0.717) is 22.4 Å². The van der Waals surface area contributed by atoms with Crippen molar-refractivity contribution < 1.29 is 31.5 Å². The standard InChI is InChI=1S/C22H23F5N2O2/c1-13-16(4-3-5-17(13)31-2)20(30)29-19(14-8-10-21(23,24)11-9-14)15-6-7-18(28-12-15)22(25,26)27/h3-7,12,14,19H,8-11H2,1-2H3,(H,29,30). The summed E-state index contributed by atoms with van der Waals surface area (Å²) in [6, 6.07) is 6.28. The lowest BCUT2D eigenvalue weighted by atomic mass is 9.79. The van der Waals surface area contributed by atoms with Gasteiger partial charge in [-0.25, -0.2) is 8.78 Å². The molecule has 2 aromatic rings. The van der Waals surface area contributed by atoms with Gasteiger partial charge in [0.1, 0.15) is 11.4 Å². The average molecular weight is 442 g/mol. The highest BCUT2D eigenvalue weighted by Crippen LogP contribution is 2.42. The van der Waals surface area contributed by atoms with E-state index in [1.807, 2.05) is 0 Å². The van der Waals surface area contributed by atoms with Crippen LogP contribution in [0.4, 0.5) is 22.0 Å². The van der Waals surface area contributed by atoms with Crippen LogP contribution < -0.4 is 10.1 Å². The van der Waals surface area contributed by atoms with Crippen LogP contribution in [0.1, 0.15) is 58.9 Å². The van der Waals surface area contributed by atoms with E-state index >= 15 is 0 Å². The molecule has 1 amide bonds. The predicted octanol–water partition coefficient (Wildman–Crippen LogP) is 5.71. The number of aromatic nitrogens is 1. The molecular formula is C22H23F5N2O2. The number of benzene rings is 1. The maximum atomic E-state index is 13.7. The highest BCUT2D eigenvalue weighted by Gasteiger charge is 2.39. The first-order valence-corrected chi connectivity index (χ1v) is 9.87. The fourth-order valence-electron chi connectivity index (χ4n) is 3.93. The van der Waals surface area contributed by atoms with Gasteiger partial charge in [-0.1, -0.05) is 12.1 Å². The van der Waals surface area contributed by atoms with Crippen molar-refractivity contribution in [2.24, 2.45) is 5.92 Å². The SMILES string of the molecule is COc1cccc(C(=O)NC(c2ccc(C(F)(F)F)nc2)C2CCC(F)(F)CC2)c1C. The Bertz CT molecular complexity index is 918. The summed E-state index contributed by atoms with van der Waals surface area (Å²) in [6.45, 7) is 1.71. The maximum absolute atomic E-state index is 13.7. The minimum absolute atomic E-state index is 0.135. The number of alkyl halides is 5. The number of nitrogens with zero attached hydrogens (tertiary/aromatic N) is 1. The van der Waals surface area contributed by atoms with E-state index in [1.165, 1.54) is 13.2 Å². The maximum Gasteiger partial charge on any atom is 0.433 e. The molecular weight excluding hydrogens is 419 g/mol. The predicted molar refractivity (Wildman–Crippen MR) is 104 cm³/mol. The molecule has 1 aromatic heterocycles. The largest absolute Gasteiger partial charge is 0.496 e. The van der Waals surface area contributed by atoms with Gasteiger partial charge in [-0.05, 0) is 49.4 Å². The minimum atomic E-state index is -4.60. The number of hydrogen-bond acceptors (Lipinski definition) is 3. The Hall–Kier alpha value is -2.71. The molecule has 31 heavy (non-hydrogen) atoms. The number of rotatable bonds is 5. The number of hydrogen-bond donors (Lipinski definition) is 1. The van der Waals surface area contributed by atoms with Gasteiger partial charge in [-0.3, -0.25) is 9.78 Å². The van der Waals surface area contributed by atoms with Crippen molar-refractivity contribution in [3.63, 3.8) is 0 Å². The Kier molecular flexibility index (Phi) is 6.52. The van der Waals surface area contributed by atoms with Gasteiger partial charge in [0.2, 0.25) is 5.92 Å². The fraction of sp³-hybridized carbons (Fsp3) is 0.455. The number of pyridine rings is 1. The third-order valence-electron chi connectivity index (χ3n) is 5.70. The summed E-state index contributed by atoms with van der Waals surface area (Å²) in [5.41, 5.74) is 0.226. The molecule has 3 rings (SSSR count). The van der Waals surface area contributed by atoms with Crippen LogP contribution in [0.25, 0.3) is 0 Å². The number of methoxy groups -OCH3 is 1. The summed E-state index contributed by atoms with van der Waals surface area (Å²) in [4.78, 5) is 16.5. The number of nitrogens with one attached hydrogen (secondary N) is 1. The molecule has 0 saturated heterocycles. The van der Waals surface area contributed by atoms with Gasteiger partial charge in [0.15, 0.2) is 0 Å². The fourth-order valence-corrected chi connectivity index (χ4v) is 3.93. The lowest BCUT2D eigenvalue weighted by Gasteiger charge is -2.34. The van der Waals surface area contributed by atoms with E-state index < -0.39 is 29.7 Å². The van der Waals surface area contributed by atoms with Crippen molar-refractivity contribution in [1.82, 2.24) is 10.3 Å². The van der Waals surface area contributed by atoms with Crippen LogP contribution in [0.2, 0.25) is 0 Å².